The van der Waals surface area contributed by atoms with Gasteiger partial charge < -0.3 is 9.29 Å². The molecule has 0 aliphatic carbocycles. The van der Waals surface area contributed by atoms with E-state index in [1.54, 1.807) is 6.92 Å². The summed E-state index contributed by atoms with van der Waals surface area (Å²) in [5.41, 5.74) is 0. The number of esters is 1. The van der Waals surface area contributed by atoms with E-state index < -0.39 is 11.2 Å². The fraction of sp³-hybridized carbons (Fsp3) is 0.571. The van der Waals surface area contributed by atoms with Gasteiger partial charge in [0.25, 0.3) is 0 Å². The van der Waals surface area contributed by atoms with Gasteiger partial charge in [0.1, 0.15) is 16.1 Å². The molecular weight excluding hydrogens is 196 g/mol. The van der Waals surface area contributed by atoms with Crippen LogP contribution in [0.3, 0.4) is 0 Å². The summed E-state index contributed by atoms with van der Waals surface area (Å²) in [6, 6.07) is 0. The van der Waals surface area contributed by atoms with Gasteiger partial charge in [0.2, 0.25) is 0 Å². The number of thioether (sulfide) groups is 1. The van der Waals surface area contributed by atoms with Crippen molar-refractivity contribution in [3.63, 3.8) is 0 Å². The molecule has 0 radical (unpaired) electrons. The van der Waals surface area contributed by atoms with Gasteiger partial charge in [-0.2, -0.15) is 0 Å². The van der Waals surface area contributed by atoms with Crippen LogP contribution in [-0.4, -0.2) is 28.6 Å². The van der Waals surface area contributed by atoms with Crippen LogP contribution in [-0.2, 0) is 20.7 Å². The molecule has 0 aromatic rings. The predicted molar refractivity (Wildman–Crippen MR) is 50.2 cm³/mol. The highest BCUT2D eigenvalue weighted by molar-refractivity contribution is 8.07. The fourth-order valence-electron chi connectivity index (χ4n) is 0.755. The molecule has 1 rings (SSSR count). The normalized spacial score (nSPS) is 23.2. The van der Waals surface area contributed by atoms with Crippen molar-refractivity contribution in [2.24, 2.45) is 0 Å². The van der Waals surface area contributed by atoms with E-state index in [-0.39, 0.29) is 5.97 Å². The zero-order valence-corrected chi connectivity index (χ0v) is 8.37. The van der Waals surface area contributed by atoms with Crippen molar-refractivity contribution in [2.45, 2.75) is 6.92 Å². The lowest BCUT2D eigenvalue weighted by Gasteiger charge is -2.13. The molecule has 0 saturated heterocycles. The molecule has 0 N–H and O–H groups in total. The summed E-state index contributed by atoms with van der Waals surface area (Å²) in [5, 5.41) is 1.48. The van der Waals surface area contributed by atoms with Crippen molar-refractivity contribution in [2.75, 3.05) is 18.1 Å². The van der Waals surface area contributed by atoms with Gasteiger partial charge in [-0.05, 0) is 18.1 Å². The molecule has 1 heterocycles. The first-order chi connectivity index (χ1) is 5.74. The zero-order chi connectivity index (χ0) is 8.97. The van der Waals surface area contributed by atoms with Gasteiger partial charge in [-0.25, -0.2) is 4.79 Å². The average molecular weight is 206 g/mol. The smallest absolute Gasteiger partial charge is 0.349 e. The number of rotatable bonds is 2. The standard InChI is InChI=1S/C7H10O3S2/c1-2-10-7(8)6-5-12(9)4-3-11-6/h5H,2-4H2,1H3. The lowest BCUT2D eigenvalue weighted by molar-refractivity contribution is -0.137. The fourth-order valence-corrected chi connectivity index (χ4v) is 3.19. The third kappa shape index (κ3) is 2.73. The van der Waals surface area contributed by atoms with Gasteiger partial charge in [-0.3, -0.25) is 0 Å². The Morgan fingerprint density at radius 2 is 2.67 bits per heavy atom. The second kappa shape index (κ2) is 4.79. The minimum Gasteiger partial charge on any atom is -0.612 e. The Hall–Kier alpha value is -0.130. The number of hydrogen-bond acceptors (Lipinski definition) is 4. The second-order valence-corrected chi connectivity index (χ2v) is 4.68. The van der Waals surface area contributed by atoms with Crippen LogP contribution in [0, 0.1) is 0 Å². The maximum absolute atomic E-state index is 11.1. The quantitative estimate of drug-likeness (QED) is 0.497. The summed E-state index contributed by atoms with van der Waals surface area (Å²) in [7, 11) is 0. The SMILES string of the molecule is CCOC(=O)C1=C[S+]([O-])CCS1. The first kappa shape index (κ1) is 9.95. The highest BCUT2D eigenvalue weighted by Gasteiger charge is 2.20. The van der Waals surface area contributed by atoms with Crippen LogP contribution in [0.15, 0.2) is 10.3 Å². The molecule has 0 amide bonds. The van der Waals surface area contributed by atoms with Gasteiger partial charge in [0.15, 0.2) is 0 Å². The minimum atomic E-state index is -0.978. The molecule has 0 aromatic heterocycles. The van der Waals surface area contributed by atoms with E-state index in [9.17, 15) is 9.35 Å². The summed E-state index contributed by atoms with van der Waals surface area (Å²) in [6.45, 7) is 2.12. The molecule has 1 unspecified atom stereocenters. The van der Waals surface area contributed by atoms with E-state index in [4.69, 9.17) is 4.74 Å². The molecule has 1 aliphatic heterocycles. The van der Waals surface area contributed by atoms with Crippen molar-refractivity contribution in [3.8, 4) is 0 Å². The van der Waals surface area contributed by atoms with E-state index in [0.29, 0.717) is 17.3 Å². The highest BCUT2D eigenvalue weighted by atomic mass is 32.2. The van der Waals surface area contributed by atoms with Gasteiger partial charge in [0.05, 0.1) is 6.61 Å². The predicted octanol–water partition coefficient (Wildman–Crippen LogP) is 0.886. The molecule has 0 bridgehead atoms. The molecule has 0 saturated carbocycles. The lowest BCUT2D eigenvalue weighted by atomic mass is 10.6. The molecule has 1 aliphatic rings. The van der Waals surface area contributed by atoms with Gasteiger partial charge >= 0.3 is 5.97 Å². The van der Waals surface area contributed by atoms with Crippen molar-refractivity contribution in [3.05, 3.63) is 10.3 Å². The van der Waals surface area contributed by atoms with Crippen molar-refractivity contribution in [1.82, 2.24) is 0 Å². The van der Waals surface area contributed by atoms with Crippen LogP contribution in [0.5, 0.6) is 0 Å². The first-order valence-electron chi connectivity index (χ1n) is 3.63. The maximum atomic E-state index is 11.1. The van der Waals surface area contributed by atoms with E-state index in [2.05, 4.69) is 0 Å². The topological polar surface area (TPSA) is 49.4 Å². The van der Waals surface area contributed by atoms with Gasteiger partial charge in [-0.1, -0.05) is 0 Å². The van der Waals surface area contributed by atoms with Crippen LogP contribution >= 0.6 is 11.8 Å². The van der Waals surface area contributed by atoms with Crippen LogP contribution < -0.4 is 0 Å². The Bertz CT molecular complexity index is 203. The Morgan fingerprint density at radius 3 is 3.25 bits per heavy atom. The maximum Gasteiger partial charge on any atom is 0.349 e. The minimum absolute atomic E-state index is 0.351. The van der Waals surface area contributed by atoms with Gasteiger partial charge in [0, 0.05) is 5.75 Å². The summed E-state index contributed by atoms with van der Waals surface area (Å²) in [6.07, 6.45) is 0. The molecule has 0 aromatic carbocycles. The highest BCUT2D eigenvalue weighted by Crippen LogP contribution is 2.23. The Balaban J connectivity index is 2.55. The van der Waals surface area contributed by atoms with E-state index >= 15 is 0 Å². The number of ether oxygens (including phenoxy) is 1. The van der Waals surface area contributed by atoms with E-state index in [0.717, 1.165) is 5.75 Å². The van der Waals surface area contributed by atoms with Crippen LogP contribution in [0.1, 0.15) is 6.92 Å². The molecule has 68 valence electrons. The second-order valence-electron chi connectivity index (χ2n) is 2.14. The molecule has 1 atom stereocenters. The third-order valence-corrected chi connectivity index (χ3v) is 3.77. The van der Waals surface area contributed by atoms with Gasteiger partial charge in [-0.15, -0.1) is 11.8 Å². The summed E-state index contributed by atoms with van der Waals surface area (Å²) >= 11 is 0.430. The summed E-state index contributed by atoms with van der Waals surface area (Å²) < 4.78 is 15.8. The number of carbonyl (C=O) groups excluding carboxylic acids is 1. The largest absolute Gasteiger partial charge is 0.612 e. The van der Waals surface area contributed by atoms with Crippen molar-refractivity contribution >= 4 is 28.9 Å². The van der Waals surface area contributed by atoms with Crippen LogP contribution in [0.2, 0.25) is 0 Å². The number of carbonyl (C=O) groups is 1. The Morgan fingerprint density at radius 1 is 1.92 bits per heavy atom. The number of hydrogen-bond donors (Lipinski definition) is 0. The average Bonchev–Trinajstić information content (AvgIpc) is 2.05. The monoisotopic (exact) mass is 206 g/mol. The first-order valence-corrected chi connectivity index (χ1v) is 5.99. The molecule has 3 nitrogen and oxygen atoms in total. The molecule has 0 spiro atoms. The summed E-state index contributed by atoms with van der Waals surface area (Å²) in [4.78, 5) is 11.6. The Labute approximate surface area is 78.7 Å². The zero-order valence-electron chi connectivity index (χ0n) is 6.74. The molecule has 0 fully saturated rings. The van der Waals surface area contributed by atoms with E-state index in [1.165, 1.54) is 17.2 Å². The molecule has 5 heteroatoms. The third-order valence-electron chi connectivity index (χ3n) is 1.26. The van der Waals surface area contributed by atoms with Crippen molar-refractivity contribution in [1.29, 1.82) is 0 Å². The molecular formula is C7H10O3S2. The van der Waals surface area contributed by atoms with Crippen molar-refractivity contribution < 1.29 is 14.1 Å². The Kier molecular flexibility index (Phi) is 3.97. The summed E-state index contributed by atoms with van der Waals surface area (Å²) in [5.74, 6) is 1.01. The van der Waals surface area contributed by atoms with Crippen LogP contribution in [0.4, 0.5) is 0 Å². The lowest BCUT2D eigenvalue weighted by Crippen LogP contribution is -2.15. The van der Waals surface area contributed by atoms with Crippen LogP contribution in [0.25, 0.3) is 0 Å². The van der Waals surface area contributed by atoms with E-state index in [1.807, 2.05) is 0 Å². The molecule has 12 heavy (non-hydrogen) atoms.